The maximum Gasteiger partial charge on any atom is 0.255 e. The number of hydrogen-bond acceptors (Lipinski definition) is 6. The molecular formula is C32H32N4O5. The van der Waals surface area contributed by atoms with Gasteiger partial charge >= 0.3 is 0 Å². The first kappa shape index (κ1) is 27.8. The average molecular weight is 553 g/mol. The van der Waals surface area contributed by atoms with Crippen LogP contribution in [-0.2, 0) is 22.6 Å². The molecule has 9 nitrogen and oxygen atoms in total. The predicted molar refractivity (Wildman–Crippen MR) is 153 cm³/mol. The molecule has 41 heavy (non-hydrogen) atoms. The second-order valence-electron chi connectivity index (χ2n) is 10.4. The molecule has 1 saturated heterocycles. The molecule has 5 rings (SSSR count). The molecule has 0 bridgehead atoms. The lowest BCUT2D eigenvalue weighted by Gasteiger charge is -2.30. The molecule has 0 spiro atoms. The van der Waals surface area contributed by atoms with Gasteiger partial charge in [0.1, 0.15) is 12.4 Å². The van der Waals surface area contributed by atoms with Crippen molar-refractivity contribution < 1.29 is 24.3 Å². The number of benzene rings is 3. The Morgan fingerprint density at radius 1 is 1.00 bits per heavy atom. The zero-order valence-corrected chi connectivity index (χ0v) is 22.8. The fourth-order valence-electron chi connectivity index (χ4n) is 5.36. The smallest absolute Gasteiger partial charge is 0.255 e. The molecule has 9 heteroatoms. The molecule has 1 unspecified atom stereocenters. The van der Waals surface area contributed by atoms with E-state index in [0.29, 0.717) is 24.3 Å². The molecule has 0 radical (unpaired) electrons. The highest BCUT2D eigenvalue weighted by molar-refractivity contribution is 5.98. The monoisotopic (exact) mass is 552 g/mol. The number of aryl methyl sites for hydroxylation is 1. The van der Waals surface area contributed by atoms with E-state index in [1.165, 1.54) is 0 Å². The molecule has 1 atom stereocenters. The second kappa shape index (κ2) is 12.2. The molecular weight excluding hydrogens is 520 g/mol. The number of hydrogen-bond donors (Lipinski definition) is 3. The van der Waals surface area contributed by atoms with Gasteiger partial charge in [-0.2, -0.15) is 0 Å². The van der Waals surface area contributed by atoms with Gasteiger partial charge in [0.05, 0.1) is 29.5 Å². The molecule has 3 aromatic carbocycles. The van der Waals surface area contributed by atoms with Crippen LogP contribution in [0.5, 0.6) is 5.75 Å². The molecule has 3 N–H and O–H groups in total. The van der Waals surface area contributed by atoms with Crippen molar-refractivity contribution in [3.05, 3.63) is 107 Å². The number of hydroxylamine groups is 1. The first-order valence-electron chi connectivity index (χ1n) is 13.5. The van der Waals surface area contributed by atoms with Crippen molar-refractivity contribution in [3.63, 3.8) is 0 Å². The highest BCUT2D eigenvalue weighted by Crippen LogP contribution is 2.29. The number of fused-ring (bicyclic) bond motifs is 1. The first-order chi connectivity index (χ1) is 19.9. The van der Waals surface area contributed by atoms with E-state index in [1.807, 2.05) is 67.6 Å². The summed E-state index contributed by atoms with van der Waals surface area (Å²) in [6, 6.07) is 26.1. The van der Waals surface area contributed by atoms with E-state index >= 15 is 0 Å². The summed E-state index contributed by atoms with van der Waals surface area (Å²) in [5, 5.41) is 13.2. The van der Waals surface area contributed by atoms with Crippen molar-refractivity contribution in [2.75, 3.05) is 13.1 Å². The molecule has 1 fully saturated rings. The summed E-state index contributed by atoms with van der Waals surface area (Å²) < 4.78 is 6.16. The number of nitrogens with zero attached hydrogens (tertiary/aromatic N) is 2. The van der Waals surface area contributed by atoms with Gasteiger partial charge in [0, 0.05) is 29.7 Å². The van der Waals surface area contributed by atoms with Gasteiger partial charge in [-0.1, -0.05) is 60.7 Å². The number of nitrogens with one attached hydrogen (secondary N) is 2. The summed E-state index contributed by atoms with van der Waals surface area (Å²) in [5.74, 6) is -0.785. The Kier molecular flexibility index (Phi) is 8.26. The van der Waals surface area contributed by atoms with Gasteiger partial charge in [0.2, 0.25) is 11.8 Å². The average Bonchev–Trinajstić information content (AvgIpc) is 3.39. The Morgan fingerprint density at radius 2 is 1.73 bits per heavy atom. The normalized spacial score (nSPS) is 16.4. The summed E-state index contributed by atoms with van der Waals surface area (Å²) in [6.07, 6.45) is 0.393. The summed E-state index contributed by atoms with van der Waals surface area (Å²) in [5.41, 5.74) is 4.48. The molecule has 1 aliphatic rings. The van der Waals surface area contributed by atoms with E-state index in [0.717, 1.165) is 27.7 Å². The first-order valence-corrected chi connectivity index (χ1v) is 13.5. The fourth-order valence-corrected chi connectivity index (χ4v) is 5.36. The standard InChI is InChI=1S/C32H32N4O5/c1-22-17-24(25-11-5-7-13-27(25)33-22)20-41-28-14-8-6-12-26(28)31(39)34-32(19-29(37)35-40)15-16-36(21-32)30(38)18-23-9-3-2-4-10-23/h2-14,17,40H,15-16,18-21H2,1H3,(H,34,39)(H,35,37). The number of aromatic nitrogens is 1. The van der Waals surface area contributed by atoms with Crippen LogP contribution in [0.4, 0.5) is 0 Å². The van der Waals surface area contributed by atoms with Crippen LogP contribution in [0, 0.1) is 6.92 Å². The van der Waals surface area contributed by atoms with Crippen LogP contribution >= 0.6 is 0 Å². The molecule has 2 heterocycles. The number of carbonyl (C=O) groups is 3. The SMILES string of the molecule is Cc1cc(COc2ccccc2C(=O)NC2(CC(=O)NO)CCN(C(=O)Cc3ccccc3)C2)c2ccccc2n1. The minimum Gasteiger partial charge on any atom is -0.488 e. The van der Waals surface area contributed by atoms with Gasteiger partial charge in [0.15, 0.2) is 0 Å². The Balaban J connectivity index is 1.33. The zero-order valence-electron chi connectivity index (χ0n) is 22.8. The lowest BCUT2D eigenvalue weighted by molar-refractivity contribution is -0.132. The Hall–Kier alpha value is -4.76. The molecule has 0 saturated carbocycles. The number of pyridine rings is 1. The maximum absolute atomic E-state index is 13.6. The second-order valence-corrected chi connectivity index (χ2v) is 10.4. The number of carbonyl (C=O) groups excluding carboxylic acids is 3. The maximum atomic E-state index is 13.6. The van der Waals surface area contributed by atoms with E-state index in [-0.39, 0.29) is 31.9 Å². The fraction of sp³-hybridized carbons (Fsp3) is 0.250. The van der Waals surface area contributed by atoms with E-state index in [4.69, 9.17) is 4.74 Å². The zero-order chi connectivity index (χ0) is 28.8. The van der Waals surface area contributed by atoms with Gasteiger partial charge in [-0.05, 0) is 43.2 Å². The van der Waals surface area contributed by atoms with Crippen LogP contribution in [0.3, 0.4) is 0 Å². The molecule has 3 amide bonds. The number of rotatable bonds is 9. The van der Waals surface area contributed by atoms with Crippen molar-refractivity contribution >= 4 is 28.6 Å². The molecule has 1 aliphatic heterocycles. The Labute approximate surface area is 238 Å². The van der Waals surface area contributed by atoms with Gasteiger partial charge in [-0.3, -0.25) is 24.6 Å². The largest absolute Gasteiger partial charge is 0.488 e. The predicted octanol–water partition coefficient (Wildman–Crippen LogP) is 3.96. The minimum atomic E-state index is -1.05. The van der Waals surface area contributed by atoms with Gasteiger partial charge in [0.25, 0.3) is 5.91 Å². The van der Waals surface area contributed by atoms with Crippen molar-refractivity contribution in [2.24, 2.45) is 0 Å². The third-order valence-electron chi connectivity index (χ3n) is 7.35. The third-order valence-corrected chi connectivity index (χ3v) is 7.35. The highest BCUT2D eigenvalue weighted by atomic mass is 16.5. The molecule has 4 aromatic rings. The van der Waals surface area contributed by atoms with Crippen LogP contribution < -0.4 is 15.5 Å². The van der Waals surface area contributed by atoms with Crippen molar-refractivity contribution in [2.45, 2.75) is 38.3 Å². The van der Waals surface area contributed by atoms with Crippen molar-refractivity contribution in [3.8, 4) is 5.75 Å². The van der Waals surface area contributed by atoms with Crippen LogP contribution in [0.2, 0.25) is 0 Å². The summed E-state index contributed by atoms with van der Waals surface area (Å²) in [6.45, 7) is 2.67. The summed E-state index contributed by atoms with van der Waals surface area (Å²) >= 11 is 0. The van der Waals surface area contributed by atoms with Gasteiger partial charge < -0.3 is 15.0 Å². The molecule has 1 aromatic heterocycles. The number of para-hydroxylation sites is 2. The lowest BCUT2D eigenvalue weighted by atomic mass is 9.93. The summed E-state index contributed by atoms with van der Waals surface area (Å²) in [4.78, 5) is 45.2. The van der Waals surface area contributed by atoms with Gasteiger partial charge in [-0.15, -0.1) is 0 Å². The summed E-state index contributed by atoms with van der Waals surface area (Å²) in [7, 11) is 0. The van der Waals surface area contributed by atoms with Crippen LogP contribution in [-0.4, -0.2) is 51.4 Å². The number of amides is 3. The van der Waals surface area contributed by atoms with Crippen molar-refractivity contribution in [1.82, 2.24) is 20.7 Å². The van der Waals surface area contributed by atoms with Crippen molar-refractivity contribution in [1.29, 1.82) is 0 Å². The highest BCUT2D eigenvalue weighted by Gasteiger charge is 2.43. The van der Waals surface area contributed by atoms with E-state index in [2.05, 4.69) is 10.3 Å². The molecule has 210 valence electrons. The topological polar surface area (TPSA) is 121 Å². The van der Waals surface area contributed by atoms with E-state index < -0.39 is 17.4 Å². The van der Waals surface area contributed by atoms with E-state index in [1.54, 1.807) is 34.6 Å². The number of ether oxygens (including phenoxy) is 1. The van der Waals surface area contributed by atoms with Gasteiger partial charge in [-0.25, -0.2) is 5.48 Å². The van der Waals surface area contributed by atoms with Crippen LogP contribution in [0.25, 0.3) is 10.9 Å². The third kappa shape index (κ3) is 6.53. The van der Waals surface area contributed by atoms with Crippen LogP contribution in [0.15, 0.2) is 84.9 Å². The minimum absolute atomic E-state index is 0.0969. The Morgan fingerprint density at radius 3 is 2.54 bits per heavy atom. The Bertz CT molecular complexity index is 1580. The molecule has 0 aliphatic carbocycles. The quantitative estimate of drug-likeness (QED) is 0.214. The van der Waals surface area contributed by atoms with E-state index in [9.17, 15) is 19.6 Å². The number of likely N-dealkylation sites (tertiary alicyclic amines) is 1. The van der Waals surface area contributed by atoms with Crippen LogP contribution in [0.1, 0.15) is 40.0 Å². The lowest BCUT2D eigenvalue weighted by Crippen LogP contribution is -2.53.